The number of allylic oxidation sites excluding steroid dienone is 1. The van der Waals surface area contributed by atoms with Crippen molar-refractivity contribution in [1.29, 1.82) is 0 Å². The van der Waals surface area contributed by atoms with Crippen molar-refractivity contribution >= 4 is 40.8 Å². The lowest BCUT2D eigenvalue weighted by Crippen LogP contribution is -2.54. The molecule has 0 spiro atoms. The van der Waals surface area contributed by atoms with Gasteiger partial charge in [-0.1, -0.05) is 56.1 Å². The largest absolute Gasteiger partial charge is 0.387 e. The molecule has 9 heteroatoms. The lowest BCUT2D eigenvalue weighted by Gasteiger charge is -2.29. The van der Waals surface area contributed by atoms with Crippen molar-refractivity contribution < 1.29 is 9.59 Å². The normalized spacial score (nSPS) is 12.3. The molecule has 33 heavy (non-hydrogen) atoms. The van der Waals surface area contributed by atoms with Crippen molar-refractivity contribution in [2.45, 2.75) is 59.9 Å². The fourth-order valence-electron chi connectivity index (χ4n) is 2.98. The zero-order valence-electron chi connectivity index (χ0n) is 20.6. The topological polar surface area (TPSA) is 94.3 Å². The highest BCUT2D eigenvalue weighted by molar-refractivity contribution is 6.43. The van der Waals surface area contributed by atoms with Gasteiger partial charge in [-0.3, -0.25) is 4.79 Å². The summed E-state index contributed by atoms with van der Waals surface area (Å²) in [5.41, 5.74) is 0.911. The van der Waals surface area contributed by atoms with Crippen molar-refractivity contribution in [2.24, 2.45) is 5.41 Å². The predicted molar refractivity (Wildman–Crippen MR) is 139 cm³/mol. The molecule has 0 aliphatic carbocycles. The summed E-state index contributed by atoms with van der Waals surface area (Å²) in [7, 11) is 0. The Morgan fingerprint density at radius 1 is 0.970 bits per heavy atom. The van der Waals surface area contributed by atoms with E-state index in [1.165, 1.54) is 0 Å². The standard InChI is InChI=1S/C24H39Cl2N5O2/c1-7-23(3,4)19(28-15-16-30-24(5,6)21(32)27-8-2)13-10-14-29-22(33)31-18-12-9-11-17(25)20(18)26/h9,11-13,28,30H,7-8,10,14-16H2,1-6H3,(H,27,32)(H2,29,31,33)/b19-13-. The van der Waals surface area contributed by atoms with E-state index in [2.05, 4.69) is 53.4 Å². The van der Waals surface area contributed by atoms with Crippen LogP contribution in [0, 0.1) is 5.41 Å². The summed E-state index contributed by atoms with van der Waals surface area (Å²) in [5.74, 6) is -0.0157. The van der Waals surface area contributed by atoms with Gasteiger partial charge in [-0.2, -0.15) is 0 Å². The van der Waals surface area contributed by atoms with E-state index in [1.54, 1.807) is 18.2 Å². The maximum absolute atomic E-state index is 12.2. The number of carbonyl (C=O) groups excluding carboxylic acids is 2. The van der Waals surface area contributed by atoms with Crippen LogP contribution in [0.4, 0.5) is 10.5 Å². The third kappa shape index (κ3) is 9.82. The summed E-state index contributed by atoms with van der Waals surface area (Å²) in [6.45, 7) is 14.6. The van der Waals surface area contributed by atoms with E-state index in [-0.39, 0.29) is 17.4 Å². The fourth-order valence-corrected chi connectivity index (χ4v) is 3.33. The number of hydrogen-bond donors (Lipinski definition) is 5. The predicted octanol–water partition coefficient (Wildman–Crippen LogP) is 4.92. The third-order valence-electron chi connectivity index (χ3n) is 5.50. The number of likely N-dealkylation sites (N-methyl/N-ethyl adjacent to an activating group) is 1. The number of urea groups is 1. The van der Waals surface area contributed by atoms with Gasteiger partial charge in [0, 0.05) is 37.3 Å². The monoisotopic (exact) mass is 499 g/mol. The molecule has 1 aromatic rings. The van der Waals surface area contributed by atoms with E-state index in [1.807, 2.05) is 20.8 Å². The number of halogens is 2. The average molecular weight is 501 g/mol. The van der Waals surface area contributed by atoms with Gasteiger partial charge >= 0.3 is 6.03 Å². The van der Waals surface area contributed by atoms with E-state index in [0.717, 1.165) is 12.1 Å². The van der Waals surface area contributed by atoms with Crippen molar-refractivity contribution in [3.63, 3.8) is 0 Å². The molecule has 0 aliphatic heterocycles. The number of amides is 3. The van der Waals surface area contributed by atoms with Gasteiger partial charge in [-0.05, 0) is 45.7 Å². The molecule has 0 fully saturated rings. The van der Waals surface area contributed by atoms with Gasteiger partial charge < -0.3 is 26.6 Å². The van der Waals surface area contributed by atoms with Crippen molar-refractivity contribution in [3.8, 4) is 0 Å². The number of hydrogen-bond acceptors (Lipinski definition) is 4. The quantitative estimate of drug-likeness (QED) is 0.249. The molecule has 1 aromatic carbocycles. The van der Waals surface area contributed by atoms with Crippen LogP contribution in [0.2, 0.25) is 10.0 Å². The minimum Gasteiger partial charge on any atom is -0.387 e. The maximum Gasteiger partial charge on any atom is 0.319 e. The Hall–Kier alpha value is -1.96. The molecule has 0 aromatic heterocycles. The highest BCUT2D eigenvalue weighted by Crippen LogP contribution is 2.29. The zero-order valence-corrected chi connectivity index (χ0v) is 22.1. The molecule has 5 N–H and O–H groups in total. The number of nitrogens with one attached hydrogen (secondary N) is 5. The van der Waals surface area contributed by atoms with Gasteiger partial charge in [0.25, 0.3) is 0 Å². The second kappa shape index (κ2) is 13.7. The molecule has 0 unspecified atom stereocenters. The summed E-state index contributed by atoms with van der Waals surface area (Å²) >= 11 is 12.1. The van der Waals surface area contributed by atoms with E-state index in [9.17, 15) is 9.59 Å². The van der Waals surface area contributed by atoms with Gasteiger partial charge in [0.15, 0.2) is 0 Å². The minimum absolute atomic E-state index is 0.0157. The Balaban J connectivity index is 2.57. The number of benzene rings is 1. The smallest absolute Gasteiger partial charge is 0.319 e. The first kappa shape index (κ1) is 29.1. The minimum atomic E-state index is -0.634. The van der Waals surface area contributed by atoms with Crippen LogP contribution >= 0.6 is 23.2 Å². The molecule has 0 saturated carbocycles. The van der Waals surface area contributed by atoms with Gasteiger partial charge in [-0.25, -0.2) is 4.79 Å². The molecule has 0 heterocycles. The van der Waals surface area contributed by atoms with E-state index in [4.69, 9.17) is 23.2 Å². The van der Waals surface area contributed by atoms with Crippen LogP contribution in [-0.4, -0.2) is 43.7 Å². The highest BCUT2D eigenvalue weighted by atomic mass is 35.5. The Bertz CT molecular complexity index is 825. The molecule has 0 radical (unpaired) electrons. The van der Waals surface area contributed by atoms with Crippen LogP contribution < -0.4 is 26.6 Å². The highest BCUT2D eigenvalue weighted by Gasteiger charge is 2.26. The van der Waals surface area contributed by atoms with Gasteiger partial charge in [0.2, 0.25) is 5.91 Å². The summed E-state index contributed by atoms with van der Waals surface area (Å²) in [6.07, 6.45) is 3.75. The number of anilines is 1. The second-order valence-electron chi connectivity index (χ2n) is 8.96. The van der Waals surface area contributed by atoms with Crippen molar-refractivity contribution in [3.05, 3.63) is 40.0 Å². The lowest BCUT2D eigenvalue weighted by atomic mass is 9.85. The molecular weight excluding hydrogens is 461 g/mol. The molecule has 1 rings (SSSR count). The number of rotatable bonds is 13. The fraction of sp³-hybridized carbons (Fsp3) is 0.583. The average Bonchev–Trinajstić information content (AvgIpc) is 2.75. The molecule has 7 nitrogen and oxygen atoms in total. The summed E-state index contributed by atoms with van der Waals surface area (Å²) < 4.78 is 0. The first-order valence-corrected chi connectivity index (χ1v) is 12.2. The molecule has 0 bridgehead atoms. The maximum atomic E-state index is 12.2. The van der Waals surface area contributed by atoms with E-state index < -0.39 is 5.54 Å². The molecular formula is C24H39Cl2N5O2. The SMILES string of the molecule is CCNC(=O)C(C)(C)NCCN/C(=C\CCNC(=O)Nc1cccc(Cl)c1Cl)C(C)(C)CC. The van der Waals surface area contributed by atoms with Gasteiger partial charge in [0.1, 0.15) is 0 Å². The van der Waals surface area contributed by atoms with Crippen LogP contribution in [0.1, 0.15) is 54.4 Å². The first-order chi connectivity index (χ1) is 15.4. The zero-order chi connectivity index (χ0) is 25.1. The Morgan fingerprint density at radius 2 is 1.67 bits per heavy atom. The van der Waals surface area contributed by atoms with Crippen LogP contribution in [0.25, 0.3) is 0 Å². The van der Waals surface area contributed by atoms with Crippen molar-refractivity contribution in [2.75, 3.05) is 31.5 Å². The Kier molecular flexibility index (Phi) is 12.0. The van der Waals surface area contributed by atoms with Crippen LogP contribution in [-0.2, 0) is 4.79 Å². The molecule has 0 saturated heterocycles. The van der Waals surface area contributed by atoms with Crippen LogP contribution in [0.3, 0.4) is 0 Å². The lowest BCUT2D eigenvalue weighted by molar-refractivity contribution is -0.126. The molecule has 3 amide bonds. The molecule has 0 aliphatic rings. The molecule has 0 atom stereocenters. The summed E-state index contributed by atoms with van der Waals surface area (Å²) in [6, 6.07) is 4.75. The van der Waals surface area contributed by atoms with Crippen molar-refractivity contribution in [1.82, 2.24) is 21.3 Å². The summed E-state index contributed by atoms with van der Waals surface area (Å²) in [4.78, 5) is 24.3. The van der Waals surface area contributed by atoms with Gasteiger partial charge in [0.05, 0.1) is 21.3 Å². The number of carbonyl (C=O) groups is 2. The van der Waals surface area contributed by atoms with Crippen LogP contribution in [0.15, 0.2) is 30.0 Å². The van der Waals surface area contributed by atoms with E-state index in [0.29, 0.717) is 48.3 Å². The molecule has 186 valence electrons. The third-order valence-corrected chi connectivity index (χ3v) is 6.32. The Morgan fingerprint density at radius 3 is 2.30 bits per heavy atom. The van der Waals surface area contributed by atoms with Crippen LogP contribution in [0.5, 0.6) is 0 Å². The van der Waals surface area contributed by atoms with Gasteiger partial charge in [-0.15, -0.1) is 0 Å². The second-order valence-corrected chi connectivity index (χ2v) is 9.75. The Labute approximate surface area is 208 Å². The van der Waals surface area contributed by atoms with E-state index >= 15 is 0 Å². The summed E-state index contributed by atoms with van der Waals surface area (Å²) in [5, 5.41) is 15.9. The first-order valence-electron chi connectivity index (χ1n) is 11.4.